The van der Waals surface area contributed by atoms with Crippen LogP contribution in [0.15, 0.2) is 54.7 Å². The Morgan fingerprint density at radius 1 is 1.00 bits per heavy atom. The third kappa shape index (κ3) is 6.05. The molecule has 1 aliphatic carbocycles. The summed E-state index contributed by atoms with van der Waals surface area (Å²) >= 11 is 0. The monoisotopic (exact) mass is 538 g/mol. The maximum Gasteiger partial charge on any atom is 0.237 e. The number of aryl methyl sites for hydroxylation is 1. The van der Waals surface area contributed by atoms with Crippen molar-refractivity contribution in [3.63, 3.8) is 0 Å². The lowest BCUT2D eigenvalue weighted by atomic mass is 9.92. The van der Waals surface area contributed by atoms with Gasteiger partial charge in [0.05, 0.1) is 28.8 Å². The lowest BCUT2D eigenvalue weighted by molar-refractivity contribution is 0.410. The fourth-order valence-electron chi connectivity index (χ4n) is 4.61. The Morgan fingerprint density at radius 2 is 1.74 bits per heavy atom. The van der Waals surface area contributed by atoms with Crippen molar-refractivity contribution in [1.29, 1.82) is 0 Å². The van der Waals surface area contributed by atoms with Gasteiger partial charge in [0.2, 0.25) is 16.0 Å². The molecule has 1 fully saturated rings. The molecule has 4 N–H and O–H groups in total. The van der Waals surface area contributed by atoms with E-state index < -0.39 is 27.4 Å². The van der Waals surface area contributed by atoms with Gasteiger partial charge in [0.1, 0.15) is 17.2 Å². The second-order valence-electron chi connectivity index (χ2n) is 9.69. The van der Waals surface area contributed by atoms with Crippen molar-refractivity contribution < 1.29 is 17.2 Å². The van der Waals surface area contributed by atoms with Crippen molar-refractivity contribution in [2.75, 3.05) is 10.0 Å². The molecule has 0 amide bonds. The van der Waals surface area contributed by atoms with Gasteiger partial charge in [-0.3, -0.25) is 4.72 Å². The van der Waals surface area contributed by atoms with Crippen LogP contribution in [0.5, 0.6) is 0 Å². The molecule has 0 bridgehead atoms. The molecular weight excluding hydrogens is 510 g/mol. The summed E-state index contributed by atoms with van der Waals surface area (Å²) in [7, 11) is -3.91. The molecule has 5 rings (SSSR count). The molecule has 8 nitrogen and oxygen atoms in total. The molecule has 0 atom stereocenters. The Morgan fingerprint density at radius 3 is 2.45 bits per heavy atom. The van der Waals surface area contributed by atoms with Crippen LogP contribution < -0.4 is 15.8 Å². The Labute approximate surface area is 219 Å². The van der Waals surface area contributed by atoms with Crippen LogP contribution in [0, 0.1) is 18.6 Å². The van der Waals surface area contributed by atoms with Gasteiger partial charge in [-0.15, -0.1) is 0 Å². The van der Waals surface area contributed by atoms with Gasteiger partial charge in [-0.1, -0.05) is 18.2 Å². The minimum absolute atomic E-state index is 0.184. The molecule has 11 heteroatoms. The van der Waals surface area contributed by atoms with Crippen LogP contribution in [0.2, 0.25) is 0 Å². The summed E-state index contributed by atoms with van der Waals surface area (Å²) in [6.07, 6.45) is 5.54. The third-order valence-corrected chi connectivity index (χ3v) is 7.89. The van der Waals surface area contributed by atoms with E-state index in [0.29, 0.717) is 33.8 Å². The van der Waals surface area contributed by atoms with E-state index >= 15 is 0 Å². The Bertz CT molecular complexity index is 1570. The number of nitrogens with two attached hydrogens (primary N) is 1. The van der Waals surface area contributed by atoms with Crippen LogP contribution in [-0.4, -0.2) is 35.5 Å². The molecule has 198 valence electrons. The fraction of sp³-hybridized carbons (Fsp3) is 0.296. The van der Waals surface area contributed by atoms with Gasteiger partial charge < -0.3 is 11.1 Å². The molecule has 1 saturated carbocycles. The van der Waals surface area contributed by atoms with Gasteiger partial charge in [-0.05, 0) is 74.1 Å². The predicted molar refractivity (Wildman–Crippen MR) is 144 cm³/mol. The number of pyridine rings is 1. The summed E-state index contributed by atoms with van der Waals surface area (Å²) in [6, 6.07) is 11.6. The number of benzene rings is 2. The normalized spacial score (nSPS) is 17.9. The van der Waals surface area contributed by atoms with Gasteiger partial charge in [0, 0.05) is 17.6 Å². The number of rotatable bonds is 7. The molecule has 2 aromatic carbocycles. The molecule has 0 saturated heterocycles. The zero-order valence-electron chi connectivity index (χ0n) is 20.8. The molecule has 0 radical (unpaired) electrons. The molecule has 4 aromatic rings. The standard InChI is InChI=1S/C27H28F2N6O2S/c1-16-12-24(33-25-14-31-27(34-26(16)25)32-21-9-7-20(30)8-10-21)18-4-11-23(22(29)13-18)35-38(36,37)15-17-2-5-19(28)6-3-17/h2-6,11-14,20-21,35H,7-10,15,30H2,1H3,(H,31,32,34)/t20-,21-. The van der Waals surface area contributed by atoms with E-state index in [4.69, 9.17) is 5.73 Å². The number of hydrogen-bond donors (Lipinski definition) is 3. The molecule has 38 heavy (non-hydrogen) atoms. The maximum atomic E-state index is 14.9. The summed E-state index contributed by atoms with van der Waals surface area (Å²) in [6.45, 7) is 1.90. The second kappa shape index (κ2) is 10.6. The quantitative estimate of drug-likeness (QED) is 0.306. The van der Waals surface area contributed by atoms with Crippen molar-refractivity contribution in [2.45, 2.75) is 50.4 Å². The van der Waals surface area contributed by atoms with Crippen LogP contribution in [0.3, 0.4) is 0 Å². The molecular formula is C27H28F2N6O2S. The lowest BCUT2D eigenvalue weighted by Crippen LogP contribution is -2.33. The molecule has 0 spiro atoms. The van der Waals surface area contributed by atoms with E-state index in [0.717, 1.165) is 31.2 Å². The largest absolute Gasteiger partial charge is 0.351 e. The van der Waals surface area contributed by atoms with Gasteiger partial charge in [0.25, 0.3) is 0 Å². The number of fused-ring (bicyclic) bond motifs is 1. The highest BCUT2D eigenvalue weighted by atomic mass is 32.2. The average Bonchev–Trinajstić information content (AvgIpc) is 2.88. The number of nitrogens with one attached hydrogen (secondary N) is 2. The zero-order valence-corrected chi connectivity index (χ0v) is 21.6. The smallest absolute Gasteiger partial charge is 0.237 e. The van der Waals surface area contributed by atoms with E-state index in [9.17, 15) is 17.2 Å². The SMILES string of the molecule is Cc1cc(-c2ccc(NS(=O)(=O)Cc3ccc(F)cc3)c(F)c2)nc2cnc(N[C@H]3CC[C@H](N)CC3)nc12. The Kier molecular flexibility index (Phi) is 7.22. The minimum Gasteiger partial charge on any atom is -0.351 e. The summed E-state index contributed by atoms with van der Waals surface area (Å²) in [5.41, 5.74) is 9.31. The first kappa shape index (κ1) is 25.9. The van der Waals surface area contributed by atoms with Gasteiger partial charge in [-0.25, -0.2) is 32.2 Å². The molecule has 2 heterocycles. The zero-order chi connectivity index (χ0) is 26.9. The van der Waals surface area contributed by atoms with Crippen LogP contribution in [-0.2, 0) is 15.8 Å². The number of hydrogen-bond acceptors (Lipinski definition) is 7. The minimum atomic E-state index is -3.91. The maximum absolute atomic E-state index is 14.9. The average molecular weight is 539 g/mol. The number of aromatic nitrogens is 3. The third-order valence-electron chi connectivity index (χ3n) is 6.64. The van der Waals surface area contributed by atoms with Crippen molar-refractivity contribution in [3.8, 4) is 11.3 Å². The first-order valence-corrected chi connectivity index (χ1v) is 14.0. The van der Waals surface area contributed by atoms with E-state index in [-0.39, 0.29) is 17.8 Å². The van der Waals surface area contributed by atoms with Crippen molar-refractivity contribution in [2.24, 2.45) is 5.73 Å². The summed E-state index contributed by atoms with van der Waals surface area (Å²) in [5.74, 6) is -1.08. The van der Waals surface area contributed by atoms with Gasteiger partial charge in [0.15, 0.2) is 0 Å². The second-order valence-corrected chi connectivity index (χ2v) is 11.4. The van der Waals surface area contributed by atoms with Crippen molar-refractivity contribution in [3.05, 3.63) is 77.5 Å². The number of sulfonamides is 1. The topological polar surface area (TPSA) is 123 Å². The van der Waals surface area contributed by atoms with Crippen LogP contribution in [0.4, 0.5) is 20.4 Å². The number of nitrogens with zero attached hydrogens (tertiary/aromatic N) is 3. The lowest BCUT2D eigenvalue weighted by Gasteiger charge is -2.26. The van der Waals surface area contributed by atoms with E-state index in [1.807, 2.05) is 13.0 Å². The predicted octanol–water partition coefficient (Wildman–Crippen LogP) is 4.90. The highest BCUT2D eigenvalue weighted by molar-refractivity contribution is 7.91. The van der Waals surface area contributed by atoms with Crippen molar-refractivity contribution in [1.82, 2.24) is 15.0 Å². The highest BCUT2D eigenvalue weighted by Crippen LogP contribution is 2.28. The summed E-state index contributed by atoms with van der Waals surface area (Å²) < 4.78 is 55.3. The van der Waals surface area contributed by atoms with Crippen LogP contribution in [0.1, 0.15) is 36.8 Å². The molecule has 0 unspecified atom stereocenters. The van der Waals surface area contributed by atoms with Gasteiger partial charge in [-0.2, -0.15) is 0 Å². The first-order valence-electron chi connectivity index (χ1n) is 12.4. The Hall–Kier alpha value is -3.70. The summed E-state index contributed by atoms with van der Waals surface area (Å²) in [5, 5.41) is 3.39. The fourth-order valence-corrected chi connectivity index (χ4v) is 5.81. The molecule has 1 aliphatic rings. The van der Waals surface area contributed by atoms with Crippen molar-refractivity contribution >= 4 is 32.7 Å². The van der Waals surface area contributed by atoms with Crippen LogP contribution >= 0.6 is 0 Å². The molecule has 2 aromatic heterocycles. The van der Waals surface area contributed by atoms with E-state index in [2.05, 4.69) is 25.0 Å². The number of anilines is 2. The van der Waals surface area contributed by atoms with Gasteiger partial charge >= 0.3 is 0 Å². The Balaban J connectivity index is 1.33. The van der Waals surface area contributed by atoms with E-state index in [1.54, 1.807) is 12.3 Å². The number of halogens is 2. The summed E-state index contributed by atoms with van der Waals surface area (Å²) in [4.78, 5) is 13.7. The highest BCUT2D eigenvalue weighted by Gasteiger charge is 2.20. The first-order chi connectivity index (χ1) is 18.1. The molecule has 0 aliphatic heterocycles. The van der Waals surface area contributed by atoms with E-state index in [1.165, 1.54) is 36.4 Å². The van der Waals surface area contributed by atoms with Crippen LogP contribution in [0.25, 0.3) is 22.3 Å².